The summed E-state index contributed by atoms with van der Waals surface area (Å²) in [5, 5.41) is 7.45. The van der Waals surface area contributed by atoms with E-state index in [9.17, 15) is 4.79 Å². The third kappa shape index (κ3) is 4.75. The highest BCUT2D eigenvalue weighted by Gasteiger charge is 2.24. The molecular formula is C24H30N6OS. The van der Waals surface area contributed by atoms with E-state index in [1.54, 1.807) is 23.9 Å². The molecule has 0 bridgehead atoms. The van der Waals surface area contributed by atoms with E-state index in [0.29, 0.717) is 19.5 Å². The van der Waals surface area contributed by atoms with Crippen LogP contribution < -0.4 is 9.91 Å². The second-order valence-corrected chi connectivity index (χ2v) is 8.90. The van der Waals surface area contributed by atoms with Gasteiger partial charge in [-0.1, -0.05) is 19.1 Å². The maximum atomic E-state index is 13.0. The maximum absolute atomic E-state index is 13.0. The Hall–Kier alpha value is -3.00. The highest BCUT2D eigenvalue weighted by atomic mass is 32.1. The molecule has 2 aromatic heterocycles. The summed E-state index contributed by atoms with van der Waals surface area (Å²) < 4.78 is 0. The molecule has 8 heteroatoms. The monoisotopic (exact) mass is 450 g/mol. The van der Waals surface area contributed by atoms with Gasteiger partial charge < -0.3 is 9.80 Å². The first kappa shape index (κ1) is 22.2. The zero-order valence-electron chi connectivity index (χ0n) is 19.0. The summed E-state index contributed by atoms with van der Waals surface area (Å²) in [6.45, 7) is 9.89. The SMILES string of the molecule is C/C=N\N(CC)c1cccc(CC(=O)N2CCN(c3ncnc4sc(CC)cc34)CC2)c1. The summed E-state index contributed by atoms with van der Waals surface area (Å²) in [5.41, 5.74) is 2.03. The first-order chi connectivity index (χ1) is 15.6. The molecule has 0 N–H and O–H groups in total. The largest absolute Gasteiger partial charge is 0.352 e. The van der Waals surface area contributed by atoms with E-state index in [0.717, 1.165) is 53.3 Å². The van der Waals surface area contributed by atoms with Crippen LogP contribution in [0.4, 0.5) is 11.5 Å². The molecule has 1 fully saturated rings. The van der Waals surface area contributed by atoms with E-state index >= 15 is 0 Å². The topological polar surface area (TPSA) is 64.9 Å². The lowest BCUT2D eigenvalue weighted by molar-refractivity contribution is -0.130. The number of amides is 1. The van der Waals surface area contributed by atoms with Crippen LogP contribution in [-0.2, 0) is 17.6 Å². The minimum atomic E-state index is 0.167. The minimum absolute atomic E-state index is 0.167. The number of nitrogens with zero attached hydrogens (tertiary/aromatic N) is 6. The molecule has 4 rings (SSSR count). The average Bonchev–Trinajstić information content (AvgIpc) is 3.26. The fraction of sp³-hybridized carbons (Fsp3) is 0.417. The summed E-state index contributed by atoms with van der Waals surface area (Å²) in [6, 6.07) is 10.3. The predicted molar refractivity (Wildman–Crippen MR) is 133 cm³/mol. The Kier molecular flexibility index (Phi) is 6.99. The van der Waals surface area contributed by atoms with Gasteiger partial charge in [0.15, 0.2) is 0 Å². The summed E-state index contributed by atoms with van der Waals surface area (Å²) in [7, 11) is 0. The highest BCUT2D eigenvalue weighted by Crippen LogP contribution is 2.31. The van der Waals surface area contributed by atoms with Crippen molar-refractivity contribution in [3.63, 3.8) is 0 Å². The van der Waals surface area contributed by atoms with Crippen LogP contribution in [0.5, 0.6) is 0 Å². The molecule has 32 heavy (non-hydrogen) atoms. The summed E-state index contributed by atoms with van der Waals surface area (Å²) in [5.74, 6) is 1.15. The number of benzene rings is 1. The van der Waals surface area contributed by atoms with Gasteiger partial charge in [0.1, 0.15) is 17.0 Å². The van der Waals surface area contributed by atoms with Crippen molar-refractivity contribution in [3.8, 4) is 0 Å². The number of rotatable bonds is 7. The molecule has 3 heterocycles. The molecule has 7 nitrogen and oxygen atoms in total. The number of thiophene rings is 1. The standard InChI is InChI=1S/C24H30N6OS/c1-4-20-16-21-23(25-17-26-24(21)32-20)29-12-10-28(11-13-29)22(31)15-18-8-7-9-19(14-18)30(6-3)27-5-2/h5,7-9,14,16-17H,4,6,10-13,15H2,1-3H3/b27-5-. The zero-order chi connectivity index (χ0) is 22.5. The molecule has 0 saturated carbocycles. The van der Waals surface area contributed by atoms with Crippen LogP contribution in [0.3, 0.4) is 0 Å². The molecule has 3 aromatic rings. The van der Waals surface area contributed by atoms with Crippen molar-refractivity contribution in [2.75, 3.05) is 42.6 Å². The Morgan fingerprint density at radius 3 is 2.72 bits per heavy atom. The van der Waals surface area contributed by atoms with Crippen molar-refractivity contribution in [1.82, 2.24) is 14.9 Å². The van der Waals surface area contributed by atoms with Gasteiger partial charge in [-0.2, -0.15) is 5.10 Å². The number of hydrogen-bond donors (Lipinski definition) is 0. The first-order valence-electron chi connectivity index (χ1n) is 11.2. The van der Waals surface area contributed by atoms with Crippen LogP contribution in [0.15, 0.2) is 41.8 Å². The number of aromatic nitrogens is 2. The first-order valence-corrected chi connectivity index (χ1v) is 12.1. The van der Waals surface area contributed by atoms with Gasteiger partial charge in [0.2, 0.25) is 5.91 Å². The van der Waals surface area contributed by atoms with Crippen LogP contribution in [0.1, 0.15) is 31.2 Å². The summed E-state index contributed by atoms with van der Waals surface area (Å²) in [6.07, 6.45) is 4.85. The van der Waals surface area contributed by atoms with Gasteiger partial charge in [-0.05, 0) is 44.0 Å². The lowest BCUT2D eigenvalue weighted by atomic mass is 10.1. The predicted octanol–water partition coefficient (Wildman–Crippen LogP) is 3.98. The lowest BCUT2D eigenvalue weighted by Crippen LogP contribution is -2.49. The highest BCUT2D eigenvalue weighted by molar-refractivity contribution is 7.18. The molecule has 1 saturated heterocycles. The number of anilines is 2. The van der Waals surface area contributed by atoms with Gasteiger partial charge in [-0.25, -0.2) is 9.97 Å². The minimum Gasteiger partial charge on any atom is -0.352 e. The van der Waals surface area contributed by atoms with Crippen molar-refractivity contribution in [1.29, 1.82) is 0 Å². The molecule has 1 aromatic carbocycles. The third-order valence-electron chi connectivity index (χ3n) is 5.76. The third-order valence-corrected chi connectivity index (χ3v) is 6.95. The van der Waals surface area contributed by atoms with Crippen LogP contribution in [-0.4, -0.2) is 59.7 Å². The maximum Gasteiger partial charge on any atom is 0.227 e. The van der Waals surface area contributed by atoms with Crippen LogP contribution in [0, 0.1) is 0 Å². The van der Waals surface area contributed by atoms with E-state index < -0.39 is 0 Å². The van der Waals surface area contributed by atoms with Crippen LogP contribution in [0.2, 0.25) is 0 Å². The summed E-state index contributed by atoms with van der Waals surface area (Å²) >= 11 is 1.74. The molecule has 0 atom stereocenters. The van der Waals surface area contributed by atoms with Gasteiger partial charge in [0, 0.05) is 43.8 Å². The molecular weight excluding hydrogens is 420 g/mol. The van der Waals surface area contributed by atoms with E-state index in [4.69, 9.17) is 0 Å². The van der Waals surface area contributed by atoms with Gasteiger partial charge >= 0.3 is 0 Å². The fourth-order valence-electron chi connectivity index (χ4n) is 4.07. The van der Waals surface area contributed by atoms with Gasteiger partial charge in [0.25, 0.3) is 0 Å². The average molecular weight is 451 g/mol. The second kappa shape index (κ2) is 10.1. The Bertz CT molecular complexity index is 1100. The van der Waals surface area contributed by atoms with Crippen molar-refractivity contribution in [2.45, 2.75) is 33.6 Å². The summed E-state index contributed by atoms with van der Waals surface area (Å²) in [4.78, 5) is 28.6. The van der Waals surface area contributed by atoms with Crippen molar-refractivity contribution >= 4 is 45.2 Å². The molecule has 0 radical (unpaired) electrons. The van der Waals surface area contributed by atoms with Crippen molar-refractivity contribution in [3.05, 3.63) is 47.1 Å². The number of hydrazone groups is 1. The fourth-order valence-corrected chi connectivity index (χ4v) is 5.00. The molecule has 1 aliphatic heterocycles. The Balaban J connectivity index is 1.40. The smallest absolute Gasteiger partial charge is 0.227 e. The number of piperazine rings is 1. The molecule has 0 aliphatic carbocycles. The van der Waals surface area contributed by atoms with E-state index in [1.807, 2.05) is 35.0 Å². The number of aryl methyl sites for hydroxylation is 1. The van der Waals surface area contributed by atoms with Gasteiger partial charge in [0.05, 0.1) is 17.5 Å². The lowest BCUT2D eigenvalue weighted by Gasteiger charge is -2.35. The molecule has 1 aliphatic rings. The molecule has 0 unspecified atom stereocenters. The number of carbonyl (C=O) groups is 1. The molecule has 168 valence electrons. The molecule has 1 amide bonds. The normalized spacial score (nSPS) is 14.5. The van der Waals surface area contributed by atoms with Gasteiger partial charge in [-0.15, -0.1) is 11.3 Å². The number of carbonyl (C=O) groups excluding carboxylic acids is 1. The van der Waals surface area contributed by atoms with Crippen LogP contribution in [0.25, 0.3) is 10.2 Å². The number of fused-ring (bicyclic) bond motifs is 1. The Morgan fingerprint density at radius 2 is 2.00 bits per heavy atom. The van der Waals surface area contributed by atoms with Crippen molar-refractivity contribution in [2.24, 2.45) is 5.10 Å². The van der Waals surface area contributed by atoms with Crippen molar-refractivity contribution < 1.29 is 4.79 Å². The van der Waals surface area contributed by atoms with E-state index in [2.05, 4.69) is 45.9 Å². The van der Waals surface area contributed by atoms with E-state index in [-0.39, 0.29) is 5.91 Å². The second-order valence-electron chi connectivity index (χ2n) is 7.79. The van der Waals surface area contributed by atoms with E-state index in [1.165, 1.54) is 4.88 Å². The molecule has 0 spiro atoms. The quantitative estimate of drug-likeness (QED) is 0.402. The van der Waals surface area contributed by atoms with Crippen LogP contribution >= 0.6 is 11.3 Å². The Labute approximate surface area is 193 Å². The number of hydrogen-bond acceptors (Lipinski definition) is 7. The Morgan fingerprint density at radius 1 is 1.19 bits per heavy atom. The van der Waals surface area contributed by atoms with Gasteiger partial charge in [-0.3, -0.25) is 9.80 Å². The zero-order valence-corrected chi connectivity index (χ0v) is 19.8.